The molecule has 3 rings (SSSR count). The van der Waals surface area contributed by atoms with Gasteiger partial charge < -0.3 is 15.0 Å². The fourth-order valence-electron chi connectivity index (χ4n) is 3.28. The zero-order valence-electron chi connectivity index (χ0n) is 13.0. The fourth-order valence-corrected chi connectivity index (χ4v) is 3.46. The van der Waals surface area contributed by atoms with Crippen LogP contribution in [0.15, 0.2) is 18.2 Å². The van der Waals surface area contributed by atoms with Crippen LogP contribution in [0, 0.1) is 0 Å². The summed E-state index contributed by atoms with van der Waals surface area (Å²) in [6, 6.07) is 5.59. The molecule has 1 heterocycles. The van der Waals surface area contributed by atoms with E-state index < -0.39 is 0 Å². The van der Waals surface area contributed by atoms with Crippen molar-refractivity contribution in [2.45, 2.75) is 44.2 Å². The number of halogens is 1. The highest BCUT2D eigenvalue weighted by Crippen LogP contribution is 2.30. The van der Waals surface area contributed by atoms with Crippen molar-refractivity contribution < 1.29 is 9.53 Å². The summed E-state index contributed by atoms with van der Waals surface area (Å²) in [5.74, 6) is 0.656. The van der Waals surface area contributed by atoms with E-state index in [-0.39, 0.29) is 18.1 Å². The van der Waals surface area contributed by atoms with E-state index in [0.29, 0.717) is 16.3 Å². The largest absolute Gasteiger partial charge is 0.490 e. The number of likely N-dealkylation sites (N-methyl/N-ethyl adjacent to an activating group) is 1. The van der Waals surface area contributed by atoms with E-state index in [0.717, 1.165) is 32.4 Å². The number of rotatable bonds is 4. The minimum absolute atomic E-state index is 0.0100. The lowest BCUT2D eigenvalue weighted by Crippen LogP contribution is -2.38. The van der Waals surface area contributed by atoms with E-state index in [1.165, 1.54) is 12.8 Å². The molecule has 1 N–H and O–H groups in total. The Hall–Kier alpha value is -1.26. The van der Waals surface area contributed by atoms with Crippen LogP contribution in [-0.2, 0) is 0 Å². The second-order valence-electron chi connectivity index (χ2n) is 6.23. The first-order valence-corrected chi connectivity index (χ1v) is 8.47. The van der Waals surface area contributed by atoms with Crippen LogP contribution in [0.25, 0.3) is 0 Å². The number of nitrogens with zero attached hydrogens (tertiary/aromatic N) is 1. The lowest BCUT2D eigenvalue weighted by Gasteiger charge is -2.25. The number of hydrogen-bond donors (Lipinski definition) is 1. The van der Waals surface area contributed by atoms with E-state index >= 15 is 0 Å². The van der Waals surface area contributed by atoms with Gasteiger partial charge in [-0.3, -0.25) is 4.79 Å². The van der Waals surface area contributed by atoms with Crippen molar-refractivity contribution in [1.82, 2.24) is 10.2 Å². The molecule has 1 aromatic carbocycles. The highest BCUT2D eigenvalue weighted by Gasteiger charge is 2.27. The molecule has 1 unspecified atom stereocenters. The van der Waals surface area contributed by atoms with E-state index in [1.807, 2.05) is 18.0 Å². The number of amides is 1. The molecule has 4 nitrogen and oxygen atoms in total. The van der Waals surface area contributed by atoms with Gasteiger partial charge in [-0.1, -0.05) is 11.6 Å². The monoisotopic (exact) mass is 322 g/mol. The van der Waals surface area contributed by atoms with E-state index in [2.05, 4.69) is 5.32 Å². The van der Waals surface area contributed by atoms with Crippen LogP contribution in [0.3, 0.4) is 0 Å². The molecule has 120 valence electrons. The van der Waals surface area contributed by atoms with Gasteiger partial charge >= 0.3 is 0 Å². The third-order valence-corrected chi connectivity index (χ3v) is 4.91. The number of carbonyl (C=O) groups is 1. The first-order valence-electron chi connectivity index (χ1n) is 8.09. The summed E-state index contributed by atoms with van der Waals surface area (Å²) in [6.45, 7) is 1.81. The summed E-state index contributed by atoms with van der Waals surface area (Å²) in [4.78, 5) is 14.7. The van der Waals surface area contributed by atoms with Crippen molar-refractivity contribution in [3.05, 3.63) is 28.8 Å². The van der Waals surface area contributed by atoms with Gasteiger partial charge in [0.1, 0.15) is 5.75 Å². The molecular formula is C17H23ClN2O2. The maximum absolute atomic E-state index is 12.8. The number of carbonyl (C=O) groups excluding carboxylic acids is 1. The van der Waals surface area contributed by atoms with Gasteiger partial charge in [0.25, 0.3) is 5.91 Å². The first-order chi connectivity index (χ1) is 10.6. The van der Waals surface area contributed by atoms with Crippen LogP contribution >= 0.6 is 11.6 Å². The number of hydrogen-bond acceptors (Lipinski definition) is 3. The summed E-state index contributed by atoms with van der Waals surface area (Å²) in [5, 5.41) is 3.86. The van der Waals surface area contributed by atoms with Crippen molar-refractivity contribution in [3.8, 4) is 5.75 Å². The third kappa shape index (κ3) is 3.39. The SMILES string of the molecule is CN(C(=O)c1cc(Cl)ccc1OC1CCCC1)C1CCNC1. The number of benzene rings is 1. The first kappa shape index (κ1) is 15.6. The van der Waals surface area contributed by atoms with Gasteiger partial charge in [-0.25, -0.2) is 0 Å². The van der Waals surface area contributed by atoms with Crippen LogP contribution < -0.4 is 10.1 Å². The molecule has 1 saturated heterocycles. The topological polar surface area (TPSA) is 41.6 Å². The van der Waals surface area contributed by atoms with Crippen molar-refractivity contribution >= 4 is 17.5 Å². The molecular weight excluding hydrogens is 300 g/mol. The van der Waals surface area contributed by atoms with Gasteiger partial charge in [-0.2, -0.15) is 0 Å². The molecule has 1 amide bonds. The van der Waals surface area contributed by atoms with E-state index in [9.17, 15) is 4.79 Å². The molecule has 1 saturated carbocycles. The van der Waals surface area contributed by atoms with Gasteiger partial charge in [0.2, 0.25) is 0 Å². The Kier molecular flexibility index (Phi) is 4.89. The molecule has 22 heavy (non-hydrogen) atoms. The fraction of sp³-hybridized carbons (Fsp3) is 0.588. The van der Waals surface area contributed by atoms with E-state index in [1.54, 1.807) is 12.1 Å². The average Bonchev–Trinajstić information content (AvgIpc) is 3.20. The molecule has 0 bridgehead atoms. The highest BCUT2D eigenvalue weighted by atomic mass is 35.5. The van der Waals surface area contributed by atoms with Gasteiger partial charge in [0.15, 0.2) is 0 Å². The summed E-state index contributed by atoms with van der Waals surface area (Å²) >= 11 is 6.10. The Bertz CT molecular complexity index is 537. The zero-order valence-corrected chi connectivity index (χ0v) is 13.7. The minimum Gasteiger partial charge on any atom is -0.490 e. The standard InChI is InChI=1S/C17H23ClN2O2/c1-20(13-8-9-19-11-13)17(21)15-10-12(18)6-7-16(15)22-14-4-2-3-5-14/h6-7,10,13-14,19H,2-5,8-9,11H2,1H3. The number of nitrogens with one attached hydrogen (secondary N) is 1. The van der Waals surface area contributed by atoms with Crippen LogP contribution in [0.1, 0.15) is 42.5 Å². The second kappa shape index (κ2) is 6.88. The van der Waals surface area contributed by atoms with Crippen LogP contribution in [0.5, 0.6) is 5.75 Å². The van der Waals surface area contributed by atoms with Crippen molar-refractivity contribution in [2.24, 2.45) is 0 Å². The highest BCUT2D eigenvalue weighted by molar-refractivity contribution is 6.31. The molecule has 1 atom stereocenters. The average molecular weight is 323 g/mol. The van der Waals surface area contributed by atoms with E-state index in [4.69, 9.17) is 16.3 Å². The zero-order chi connectivity index (χ0) is 15.5. The lowest BCUT2D eigenvalue weighted by molar-refractivity contribution is 0.0736. The van der Waals surface area contributed by atoms with Crippen molar-refractivity contribution in [3.63, 3.8) is 0 Å². The van der Waals surface area contributed by atoms with Crippen LogP contribution in [0.4, 0.5) is 0 Å². The molecule has 1 aliphatic carbocycles. The van der Waals surface area contributed by atoms with Gasteiger partial charge in [0, 0.05) is 24.7 Å². The Balaban J connectivity index is 1.80. The summed E-state index contributed by atoms with van der Waals surface area (Å²) < 4.78 is 6.07. The maximum atomic E-state index is 12.8. The Labute approximate surface area is 136 Å². The van der Waals surface area contributed by atoms with Gasteiger partial charge in [0.05, 0.1) is 11.7 Å². The van der Waals surface area contributed by atoms with Gasteiger partial charge in [-0.05, 0) is 56.8 Å². The second-order valence-corrected chi connectivity index (χ2v) is 6.66. The van der Waals surface area contributed by atoms with Crippen LogP contribution in [-0.4, -0.2) is 43.1 Å². The van der Waals surface area contributed by atoms with Gasteiger partial charge in [-0.15, -0.1) is 0 Å². The predicted octanol–water partition coefficient (Wildman–Crippen LogP) is 3.10. The quantitative estimate of drug-likeness (QED) is 0.926. The normalized spacial score (nSPS) is 22.0. The summed E-state index contributed by atoms with van der Waals surface area (Å²) in [5.41, 5.74) is 0.578. The minimum atomic E-state index is -0.0100. The molecule has 2 fully saturated rings. The smallest absolute Gasteiger partial charge is 0.257 e. The summed E-state index contributed by atoms with van der Waals surface area (Å²) in [6.07, 6.45) is 5.76. The predicted molar refractivity (Wildman–Crippen MR) is 87.7 cm³/mol. The Morgan fingerprint density at radius 2 is 2.09 bits per heavy atom. The lowest BCUT2D eigenvalue weighted by atomic mass is 10.1. The van der Waals surface area contributed by atoms with Crippen molar-refractivity contribution in [2.75, 3.05) is 20.1 Å². The van der Waals surface area contributed by atoms with Crippen molar-refractivity contribution in [1.29, 1.82) is 0 Å². The molecule has 2 aliphatic rings. The molecule has 0 spiro atoms. The Morgan fingerprint density at radius 1 is 1.32 bits per heavy atom. The Morgan fingerprint density at radius 3 is 2.77 bits per heavy atom. The third-order valence-electron chi connectivity index (χ3n) is 4.67. The maximum Gasteiger partial charge on any atom is 0.257 e. The molecule has 0 aromatic heterocycles. The molecule has 1 aromatic rings. The molecule has 1 aliphatic heterocycles. The summed E-state index contributed by atoms with van der Waals surface area (Å²) in [7, 11) is 1.86. The molecule has 5 heteroatoms. The number of ether oxygens (including phenoxy) is 1. The molecule has 0 radical (unpaired) electrons. The van der Waals surface area contributed by atoms with Crippen LogP contribution in [0.2, 0.25) is 5.02 Å².